The minimum absolute atomic E-state index is 0.109. The molecule has 196 valence electrons. The Labute approximate surface area is 217 Å². The number of amides is 2. The SMILES string of the molecule is CCN1CCOc2ccccc2CCCCC2(CCN(CC(=O)Nc3nnc(COC)s3)CC2)C1=O. The molecule has 4 rings (SSSR count). The van der Waals surface area contributed by atoms with Gasteiger partial charge in [0.25, 0.3) is 0 Å². The quantitative estimate of drug-likeness (QED) is 0.630. The molecule has 1 aromatic heterocycles. The smallest absolute Gasteiger partial charge is 0.240 e. The number of ether oxygens (including phenoxy) is 2. The van der Waals surface area contributed by atoms with E-state index < -0.39 is 0 Å². The molecular weight excluding hydrogens is 478 g/mol. The third-order valence-electron chi connectivity index (χ3n) is 7.23. The molecule has 1 saturated heterocycles. The molecule has 0 atom stereocenters. The van der Waals surface area contributed by atoms with Crippen LogP contribution in [0.2, 0.25) is 0 Å². The monoisotopic (exact) mass is 515 g/mol. The van der Waals surface area contributed by atoms with E-state index >= 15 is 0 Å². The highest BCUT2D eigenvalue weighted by Gasteiger charge is 2.43. The van der Waals surface area contributed by atoms with E-state index in [2.05, 4.69) is 32.5 Å². The Hall–Kier alpha value is -2.56. The molecule has 0 aliphatic carbocycles. The van der Waals surface area contributed by atoms with Crippen LogP contribution in [-0.4, -0.2) is 78.3 Å². The van der Waals surface area contributed by atoms with E-state index in [0.29, 0.717) is 31.4 Å². The van der Waals surface area contributed by atoms with Gasteiger partial charge in [0, 0.05) is 13.7 Å². The summed E-state index contributed by atoms with van der Waals surface area (Å²) in [6.07, 6.45) is 5.41. The standard InChI is InChI=1S/C26H37N5O4S/c1-3-31-16-17-35-21-10-5-4-8-20(21)9-6-7-11-26(24(31)33)12-14-30(15-13-26)18-22(32)27-25-29-28-23(36-25)19-34-2/h4-5,8,10H,3,6-7,9,11-19H2,1-2H3,(H,27,29,32). The number of anilines is 1. The lowest BCUT2D eigenvalue weighted by molar-refractivity contribution is -0.146. The number of carbonyl (C=O) groups excluding carboxylic acids is 2. The summed E-state index contributed by atoms with van der Waals surface area (Å²) in [4.78, 5) is 30.5. The molecule has 1 fully saturated rings. The number of piperidine rings is 1. The van der Waals surface area contributed by atoms with E-state index in [9.17, 15) is 9.59 Å². The molecule has 36 heavy (non-hydrogen) atoms. The van der Waals surface area contributed by atoms with Crippen molar-refractivity contribution >= 4 is 28.3 Å². The maximum atomic E-state index is 13.8. The Kier molecular flexibility index (Phi) is 9.28. The van der Waals surface area contributed by atoms with Gasteiger partial charge in [-0.25, -0.2) is 0 Å². The fraction of sp³-hybridized carbons (Fsp3) is 0.615. The summed E-state index contributed by atoms with van der Waals surface area (Å²) in [6, 6.07) is 8.23. The number of likely N-dealkylation sites (N-methyl/N-ethyl adjacent to an activating group) is 1. The Balaban J connectivity index is 1.36. The third-order valence-corrected chi connectivity index (χ3v) is 8.04. The van der Waals surface area contributed by atoms with E-state index in [1.165, 1.54) is 16.9 Å². The maximum absolute atomic E-state index is 13.8. The number of benzene rings is 1. The summed E-state index contributed by atoms with van der Waals surface area (Å²) in [5, 5.41) is 12.1. The summed E-state index contributed by atoms with van der Waals surface area (Å²) in [5.74, 6) is 1.07. The normalized spacial score (nSPS) is 19.2. The van der Waals surface area contributed by atoms with Gasteiger partial charge in [-0.3, -0.25) is 19.8 Å². The van der Waals surface area contributed by atoms with Crippen molar-refractivity contribution < 1.29 is 19.1 Å². The van der Waals surface area contributed by atoms with Gasteiger partial charge in [0.1, 0.15) is 24.0 Å². The van der Waals surface area contributed by atoms with Crippen molar-refractivity contribution in [3.05, 3.63) is 34.8 Å². The van der Waals surface area contributed by atoms with Crippen molar-refractivity contribution in [2.24, 2.45) is 5.41 Å². The van der Waals surface area contributed by atoms with E-state index in [-0.39, 0.29) is 23.8 Å². The lowest BCUT2D eigenvalue weighted by Crippen LogP contribution is -2.52. The topological polar surface area (TPSA) is 96.9 Å². The summed E-state index contributed by atoms with van der Waals surface area (Å²) in [5.41, 5.74) is 0.878. The number of para-hydroxylation sites is 1. The Bertz CT molecular complexity index is 1020. The van der Waals surface area contributed by atoms with E-state index in [1.807, 2.05) is 24.0 Å². The van der Waals surface area contributed by atoms with Gasteiger partial charge in [-0.2, -0.15) is 0 Å². The second-order valence-corrected chi connectivity index (χ2v) is 10.6. The van der Waals surface area contributed by atoms with Crippen LogP contribution in [0.1, 0.15) is 49.6 Å². The highest BCUT2D eigenvalue weighted by molar-refractivity contribution is 7.15. The number of hydrogen-bond donors (Lipinski definition) is 1. The van der Waals surface area contributed by atoms with Crippen molar-refractivity contribution in [2.45, 2.75) is 52.1 Å². The first-order valence-electron chi connectivity index (χ1n) is 12.9. The van der Waals surface area contributed by atoms with E-state index in [4.69, 9.17) is 9.47 Å². The van der Waals surface area contributed by atoms with Crippen LogP contribution in [0.15, 0.2) is 24.3 Å². The second-order valence-electron chi connectivity index (χ2n) is 9.59. The molecule has 1 spiro atoms. The zero-order valence-corrected chi connectivity index (χ0v) is 22.1. The number of nitrogens with one attached hydrogen (secondary N) is 1. The van der Waals surface area contributed by atoms with E-state index in [0.717, 1.165) is 62.4 Å². The zero-order chi connectivity index (χ0) is 25.4. The number of nitrogens with zero attached hydrogens (tertiary/aromatic N) is 4. The van der Waals surface area contributed by atoms with Crippen LogP contribution in [-0.2, 0) is 27.4 Å². The molecule has 2 aliphatic heterocycles. The number of rotatable bonds is 6. The fourth-order valence-corrected chi connectivity index (χ4v) is 5.92. The molecule has 2 aromatic rings. The second kappa shape index (κ2) is 12.6. The Morgan fingerprint density at radius 1 is 1.17 bits per heavy atom. The van der Waals surface area contributed by atoms with Crippen molar-refractivity contribution in [3.63, 3.8) is 0 Å². The molecular formula is C26H37N5O4S. The molecule has 3 heterocycles. The number of aromatic nitrogens is 2. The molecule has 0 saturated carbocycles. The van der Waals surface area contributed by atoms with Crippen LogP contribution in [0, 0.1) is 5.41 Å². The molecule has 1 N–H and O–H groups in total. The lowest BCUT2D eigenvalue weighted by Gasteiger charge is -2.43. The van der Waals surface area contributed by atoms with Gasteiger partial charge in [0.05, 0.1) is 18.5 Å². The van der Waals surface area contributed by atoms with Gasteiger partial charge in [-0.15, -0.1) is 10.2 Å². The molecule has 9 nitrogen and oxygen atoms in total. The maximum Gasteiger partial charge on any atom is 0.240 e. The Morgan fingerprint density at radius 2 is 1.97 bits per heavy atom. The number of fused-ring (bicyclic) bond motifs is 1. The minimum Gasteiger partial charge on any atom is -0.491 e. The average Bonchev–Trinajstić information content (AvgIpc) is 3.32. The molecule has 10 heteroatoms. The number of likely N-dealkylation sites (tertiary alicyclic amines) is 1. The molecule has 0 unspecified atom stereocenters. The molecule has 1 aromatic carbocycles. The van der Waals surface area contributed by atoms with Gasteiger partial charge in [0.15, 0.2) is 0 Å². The largest absolute Gasteiger partial charge is 0.491 e. The summed E-state index contributed by atoms with van der Waals surface area (Å²) < 4.78 is 11.1. The molecule has 0 bridgehead atoms. The predicted octanol–water partition coefficient (Wildman–Crippen LogP) is 3.36. The minimum atomic E-state index is -0.365. The van der Waals surface area contributed by atoms with E-state index in [1.54, 1.807) is 7.11 Å². The van der Waals surface area contributed by atoms with Crippen LogP contribution < -0.4 is 10.1 Å². The van der Waals surface area contributed by atoms with Crippen LogP contribution in [0.5, 0.6) is 5.75 Å². The average molecular weight is 516 g/mol. The summed E-state index contributed by atoms with van der Waals surface area (Å²) >= 11 is 1.32. The molecule has 0 radical (unpaired) electrons. The van der Waals surface area contributed by atoms with Crippen LogP contribution in [0.25, 0.3) is 0 Å². The van der Waals surface area contributed by atoms with Crippen molar-refractivity contribution in [3.8, 4) is 5.75 Å². The van der Waals surface area contributed by atoms with Gasteiger partial charge >= 0.3 is 0 Å². The number of hydrogen-bond acceptors (Lipinski definition) is 8. The van der Waals surface area contributed by atoms with Gasteiger partial charge < -0.3 is 14.4 Å². The van der Waals surface area contributed by atoms with Crippen molar-refractivity contribution in [2.75, 3.05) is 51.8 Å². The van der Waals surface area contributed by atoms with Gasteiger partial charge in [-0.05, 0) is 63.7 Å². The highest BCUT2D eigenvalue weighted by atomic mass is 32.1. The van der Waals surface area contributed by atoms with Crippen molar-refractivity contribution in [1.29, 1.82) is 0 Å². The molecule has 2 amide bonds. The van der Waals surface area contributed by atoms with Crippen LogP contribution in [0.4, 0.5) is 5.13 Å². The zero-order valence-electron chi connectivity index (χ0n) is 21.3. The number of aryl methyl sites for hydroxylation is 1. The van der Waals surface area contributed by atoms with Crippen molar-refractivity contribution in [1.82, 2.24) is 20.0 Å². The first-order valence-corrected chi connectivity index (χ1v) is 13.7. The van der Waals surface area contributed by atoms with Crippen LogP contribution in [0.3, 0.4) is 0 Å². The number of methoxy groups -OCH3 is 1. The number of carbonyl (C=O) groups is 2. The predicted molar refractivity (Wildman–Crippen MR) is 139 cm³/mol. The summed E-state index contributed by atoms with van der Waals surface area (Å²) in [6.45, 7) is 5.90. The summed E-state index contributed by atoms with van der Waals surface area (Å²) in [7, 11) is 1.60. The molecule has 2 aliphatic rings. The van der Waals surface area contributed by atoms with Gasteiger partial charge in [-0.1, -0.05) is 36.0 Å². The Morgan fingerprint density at radius 3 is 2.75 bits per heavy atom. The third kappa shape index (κ3) is 6.60. The highest BCUT2D eigenvalue weighted by Crippen LogP contribution is 2.39. The van der Waals surface area contributed by atoms with Gasteiger partial charge in [0.2, 0.25) is 16.9 Å². The van der Waals surface area contributed by atoms with Crippen LogP contribution >= 0.6 is 11.3 Å². The first-order chi connectivity index (χ1) is 17.5. The lowest BCUT2D eigenvalue weighted by atomic mass is 9.73. The first kappa shape index (κ1) is 26.5. The fourth-order valence-electron chi connectivity index (χ4n) is 5.19.